The lowest BCUT2D eigenvalue weighted by molar-refractivity contribution is -0.176. The molecule has 3 rings (SSSR count). The maximum atomic E-state index is 13.6. The lowest BCUT2D eigenvalue weighted by Gasteiger charge is -2.38. The topological polar surface area (TPSA) is 135 Å². The van der Waals surface area contributed by atoms with Crippen molar-refractivity contribution in [3.8, 4) is 6.07 Å². The number of likely N-dealkylation sites (tertiary alicyclic amines) is 1. The summed E-state index contributed by atoms with van der Waals surface area (Å²) in [5, 5.41) is 28.6. The van der Waals surface area contributed by atoms with Gasteiger partial charge < -0.3 is 20.6 Å². The van der Waals surface area contributed by atoms with Gasteiger partial charge in [-0.1, -0.05) is 27.2 Å². The number of fused-ring (bicyclic) bond motifs is 1. The van der Waals surface area contributed by atoms with E-state index in [0.29, 0.717) is 6.42 Å². The van der Waals surface area contributed by atoms with Crippen LogP contribution in [-0.4, -0.2) is 70.3 Å². The normalized spacial score (nSPS) is 29.7. The third kappa shape index (κ3) is 6.55. The molecule has 3 amide bonds. The molecular weight excluding hydrogens is 491 g/mol. The molecule has 2 heterocycles. The van der Waals surface area contributed by atoms with Crippen LogP contribution in [0.3, 0.4) is 0 Å². The van der Waals surface area contributed by atoms with E-state index in [1.54, 1.807) is 20.8 Å². The minimum atomic E-state index is -5.15. The number of aliphatic hydroxyl groups excluding tert-OH is 1. The number of carbonyl (C=O) groups excluding carboxylic acids is 3. The molecule has 0 bridgehead atoms. The van der Waals surface area contributed by atoms with Gasteiger partial charge in [0.05, 0.1) is 18.2 Å². The first-order valence-corrected chi connectivity index (χ1v) is 12.8. The Balaban J connectivity index is 1.80. The van der Waals surface area contributed by atoms with Gasteiger partial charge in [0.15, 0.2) is 0 Å². The Labute approximate surface area is 215 Å². The van der Waals surface area contributed by atoms with Gasteiger partial charge in [-0.05, 0) is 56.8 Å². The monoisotopic (exact) mass is 529 g/mol. The van der Waals surface area contributed by atoms with Crippen molar-refractivity contribution < 1.29 is 32.7 Å². The van der Waals surface area contributed by atoms with Crippen LogP contribution >= 0.6 is 0 Å². The fourth-order valence-electron chi connectivity index (χ4n) is 6.15. The molecule has 37 heavy (non-hydrogen) atoms. The number of hydrogen-bond acceptors (Lipinski definition) is 6. The van der Waals surface area contributed by atoms with Crippen molar-refractivity contribution in [1.29, 1.82) is 5.26 Å². The second-order valence-corrected chi connectivity index (χ2v) is 12.4. The Morgan fingerprint density at radius 1 is 1.27 bits per heavy atom. The van der Waals surface area contributed by atoms with Crippen molar-refractivity contribution in [2.75, 3.05) is 6.54 Å². The van der Waals surface area contributed by atoms with Gasteiger partial charge in [0.25, 0.3) is 0 Å². The molecule has 7 atom stereocenters. The minimum Gasteiger partial charge on any atom is -0.376 e. The van der Waals surface area contributed by atoms with Crippen molar-refractivity contribution in [2.24, 2.45) is 23.2 Å². The van der Waals surface area contributed by atoms with E-state index in [0.717, 1.165) is 19.3 Å². The van der Waals surface area contributed by atoms with Crippen LogP contribution in [0, 0.1) is 34.5 Å². The maximum Gasteiger partial charge on any atom is 0.471 e. The number of nitrogens with zero attached hydrogens (tertiary/aromatic N) is 2. The van der Waals surface area contributed by atoms with Crippen LogP contribution in [0.2, 0.25) is 0 Å². The molecule has 12 heteroatoms. The van der Waals surface area contributed by atoms with Gasteiger partial charge in [-0.3, -0.25) is 19.7 Å². The van der Waals surface area contributed by atoms with E-state index in [-0.39, 0.29) is 30.7 Å². The molecule has 3 aliphatic rings. The molecule has 1 saturated carbocycles. The second kappa shape index (κ2) is 10.4. The molecule has 3 fully saturated rings. The Morgan fingerprint density at radius 3 is 2.43 bits per heavy atom. The highest BCUT2D eigenvalue weighted by Crippen LogP contribution is 2.44. The molecule has 4 N–H and O–H groups in total. The van der Waals surface area contributed by atoms with Crippen LogP contribution < -0.4 is 16.0 Å². The number of rotatable bonds is 7. The Morgan fingerprint density at radius 2 is 1.92 bits per heavy atom. The van der Waals surface area contributed by atoms with Crippen LogP contribution in [0.25, 0.3) is 0 Å². The molecule has 7 unspecified atom stereocenters. The molecule has 2 saturated heterocycles. The first kappa shape index (κ1) is 29.2. The number of alkyl halides is 3. The van der Waals surface area contributed by atoms with E-state index in [9.17, 15) is 37.9 Å². The molecule has 0 aromatic heterocycles. The van der Waals surface area contributed by atoms with Crippen molar-refractivity contribution >= 4 is 17.7 Å². The van der Waals surface area contributed by atoms with Crippen molar-refractivity contribution in [1.82, 2.24) is 20.9 Å². The Bertz CT molecular complexity index is 942. The molecule has 2 aliphatic heterocycles. The SMILES string of the molecule is CC1(C)CC(CC(C#N)NC(O)C2C3CCCC3CN2C(=O)C(NC(=O)C(F)(F)F)C(C)(C)C)C(=O)N1. The first-order chi connectivity index (χ1) is 16.9. The van der Waals surface area contributed by atoms with E-state index >= 15 is 0 Å². The van der Waals surface area contributed by atoms with Gasteiger partial charge in [0, 0.05) is 18.0 Å². The third-order valence-corrected chi connectivity index (χ3v) is 7.84. The van der Waals surface area contributed by atoms with E-state index in [2.05, 4.69) is 16.7 Å². The second-order valence-electron chi connectivity index (χ2n) is 12.4. The molecule has 1 aliphatic carbocycles. The minimum absolute atomic E-state index is 0.0614. The molecule has 0 aromatic carbocycles. The van der Waals surface area contributed by atoms with E-state index in [4.69, 9.17) is 0 Å². The maximum absolute atomic E-state index is 13.6. The molecule has 0 spiro atoms. The number of hydrogen-bond donors (Lipinski definition) is 4. The first-order valence-electron chi connectivity index (χ1n) is 12.8. The summed E-state index contributed by atoms with van der Waals surface area (Å²) in [4.78, 5) is 39.1. The smallest absolute Gasteiger partial charge is 0.376 e. The predicted molar refractivity (Wildman–Crippen MR) is 127 cm³/mol. The predicted octanol–water partition coefficient (Wildman–Crippen LogP) is 1.81. The van der Waals surface area contributed by atoms with Crippen molar-refractivity contribution in [3.05, 3.63) is 0 Å². The summed E-state index contributed by atoms with van der Waals surface area (Å²) >= 11 is 0. The highest BCUT2D eigenvalue weighted by Gasteiger charge is 2.53. The quantitative estimate of drug-likeness (QED) is 0.372. The molecule has 0 radical (unpaired) electrons. The summed E-state index contributed by atoms with van der Waals surface area (Å²) in [6.45, 7) is 8.71. The van der Waals surface area contributed by atoms with Gasteiger partial charge in [-0.25, -0.2) is 0 Å². The summed E-state index contributed by atoms with van der Waals surface area (Å²) in [5.74, 6) is -3.51. The largest absolute Gasteiger partial charge is 0.471 e. The van der Waals surface area contributed by atoms with Crippen LogP contribution in [0.5, 0.6) is 0 Å². The summed E-state index contributed by atoms with van der Waals surface area (Å²) in [7, 11) is 0. The zero-order valence-electron chi connectivity index (χ0n) is 22.0. The molecule has 0 aromatic rings. The van der Waals surface area contributed by atoms with Crippen LogP contribution in [0.1, 0.15) is 66.7 Å². The number of carbonyl (C=O) groups is 3. The van der Waals surface area contributed by atoms with Gasteiger partial charge in [-0.15, -0.1) is 0 Å². The standard InChI is InChI=1S/C25H38F3N5O4/c1-23(2,3)18(31-22(37)25(26,27)28)21(36)33-12-13-7-6-8-16(13)17(33)20(35)30-15(11-29)9-14-10-24(4,5)32-19(14)34/h13-18,20,30,35H,6-10,12H2,1-5H3,(H,31,37)(H,32,34). The molecule has 208 valence electrons. The van der Waals surface area contributed by atoms with E-state index in [1.807, 2.05) is 19.2 Å². The van der Waals surface area contributed by atoms with Crippen molar-refractivity contribution in [3.63, 3.8) is 0 Å². The summed E-state index contributed by atoms with van der Waals surface area (Å²) in [5.41, 5.74) is -1.43. The number of aliphatic hydroxyl groups is 1. The highest BCUT2D eigenvalue weighted by molar-refractivity contribution is 5.90. The zero-order valence-corrected chi connectivity index (χ0v) is 22.0. The number of amides is 3. The van der Waals surface area contributed by atoms with Crippen LogP contribution in [-0.2, 0) is 14.4 Å². The Kier molecular flexibility index (Phi) is 8.20. The summed E-state index contributed by atoms with van der Waals surface area (Å²) < 4.78 is 39.0. The van der Waals surface area contributed by atoms with Gasteiger partial charge >= 0.3 is 12.1 Å². The fourth-order valence-corrected chi connectivity index (χ4v) is 6.15. The lowest BCUT2D eigenvalue weighted by atomic mass is 9.85. The lowest BCUT2D eigenvalue weighted by Crippen LogP contribution is -2.61. The third-order valence-electron chi connectivity index (χ3n) is 7.84. The van der Waals surface area contributed by atoms with Gasteiger partial charge in [0.2, 0.25) is 11.8 Å². The fraction of sp³-hybridized carbons (Fsp3) is 0.840. The van der Waals surface area contributed by atoms with E-state index in [1.165, 1.54) is 4.90 Å². The van der Waals surface area contributed by atoms with Crippen LogP contribution in [0.15, 0.2) is 0 Å². The Hall–Kier alpha value is -2.39. The number of nitrogens with one attached hydrogen (secondary N) is 3. The number of halogens is 3. The average Bonchev–Trinajstić information content (AvgIpc) is 3.41. The average molecular weight is 530 g/mol. The van der Waals surface area contributed by atoms with Crippen molar-refractivity contribution in [2.45, 2.75) is 103 Å². The zero-order chi connectivity index (χ0) is 27.9. The summed E-state index contributed by atoms with van der Waals surface area (Å²) in [6, 6.07) is -1.03. The molecule has 9 nitrogen and oxygen atoms in total. The summed E-state index contributed by atoms with van der Waals surface area (Å²) in [6.07, 6.45) is -3.34. The van der Waals surface area contributed by atoms with Crippen LogP contribution in [0.4, 0.5) is 13.2 Å². The van der Waals surface area contributed by atoms with E-state index < -0.39 is 59.2 Å². The van der Waals surface area contributed by atoms with Gasteiger partial charge in [-0.2, -0.15) is 18.4 Å². The highest BCUT2D eigenvalue weighted by atomic mass is 19.4. The van der Waals surface area contributed by atoms with Gasteiger partial charge in [0.1, 0.15) is 12.3 Å². The molecular formula is C25H38F3N5O4. The number of nitriles is 1.